The van der Waals surface area contributed by atoms with Gasteiger partial charge in [0.15, 0.2) is 0 Å². The number of nitrogens with one attached hydrogen (secondary N) is 3. The number of rotatable bonds is 5. The molecule has 1 atom stereocenters. The van der Waals surface area contributed by atoms with Crippen molar-refractivity contribution in [3.63, 3.8) is 0 Å². The summed E-state index contributed by atoms with van der Waals surface area (Å²) in [5.74, 6) is 0.00697. The first-order chi connectivity index (χ1) is 11.6. The summed E-state index contributed by atoms with van der Waals surface area (Å²) in [4.78, 5) is 23.8. The second-order valence-electron chi connectivity index (χ2n) is 6.61. The number of amides is 3. The lowest BCUT2D eigenvalue weighted by Gasteiger charge is -2.15. The lowest BCUT2D eigenvalue weighted by molar-refractivity contribution is -0.124. The minimum Gasteiger partial charge on any atom is -0.354 e. The van der Waals surface area contributed by atoms with Gasteiger partial charge in [-0.1, -0.05) is 18.9 Å². The third-order valence-corrected chi connectivity index (χ3v) is 4.92. The van der Waals surface area contributed by atoms with Gasteiger partial charge in [-0.15, -0.1) is 0 Å². The highest BCUT2D eigenvalue weighted by atomic mass is 19.1. The van der Waals surface area contributed by atoms with Crippen molar-refractivity contribution in [2.75, 3.05) is 13.1 Å². The summed E-state index contributed by atoms with van der Waals surface area (Å²) in [6, 6.07) is 4.37. The smallest absolute Gasteiger partial charge is 0.315 e. The Morgan fingerprint density at radius 3 is 2.62 bits per heavy atom. The van der Waals surface area contributed by atoms with Gasteiger partial charge >= 0.3 is 6.03 Å². The SMILES string of the molecule is O=C(NCCNC(=O)C1CCCC1)NC1CCc2cc(F)ccc21. The summed E-state index contributed by atoms with van der Waals surface area (Å²) in [7, 11) is 0. The molecule has 5 nitrogen and oxygen atoms in total. The van der Waals surface area contributed by atoms with Gasteiger partial charge < -0.3 is 16.0 Å². The van der Waals surface area contributed by atoms with Crippen molar-refractivity contribution >= 4 is 11.9 Å². The van der Waals surface area contributed by atoms with Crippen molar-refractivity contribution in [2.24, 2.45) is 5.92 Å². The highest BCUT2D eigenvalue weighted by Gasteiger charge is 2.24. The van der Waals surface area contributed by atoms with E-state index in [4.69, 9.17) is 0 Å². The fourth-order valence-corrected chi connectivity index (χ4v) is 3.64. The molecule has 1 unspecified atom stereocenters. The second kappa shape index (κ2) is 7.64. The lowest BCUT2D eigenvalue weighted by Crippen LogP contribution is -2.42. The molecular weight excluding hydrogens is 309 g/mol. The van der Waals surface area contributed by atoms with Crippen molar-refractivity contribution in [3.8, 4) is 0 Å². The third-order valence-electron chi connectivity index (χ3n) is 4.92. The fourth-order valence-electron chi connectivity index (χ4n) is 3.64. The van der Waals surface area contributed by atoms with Crippen LogP contribution in [0.25, 0.3) is 0 Å². The van der Waals surface area contributed by atoms with Crippen LogP contribution in [0.1, 0.15) is 49.3 Å². The van der Waals surface area contributed by atoms with Crippen LogP contribution < -0.4 is 16.0 Å². The zero-order chi connectivity index (χ0) is 16.9. The molecule has 3 N–H and O–H groups in total. The van der Waals surface area contributed by atoms with Crippen LogP contribution in [-0.4, -0.2) is 25.0 Å². The molecule has 24 heavy (non-hydrogen) atoms. The maximum absolute atomic E-state index is 13.2. The largest absolute Gasteiger partial charge is 0.354 e. The van der Waals surface area contributed by atoms with E-state index in [2.05, 4.69) is 16.0 Å². The fraction of sp³-hybridized carbons (Fsp3) is 0.556. The van der Waals surface area contributed by atoms with E-state index in [9.17, 15) is 14.0 Å². The average Bonchev–Trinajstić information content (AvgIpc) is 3.21. The minimum atomic E-state index is -0.257. The van der Waals surface area contributed by atoms with Crippen molar-refractivity contribution in [2.45, 2.75) is 44.6 Å². The first-order valence-corrected chi connectivity index (χ1v) is 8.74. The van der Waals surface area contributed by atoms with E-state index >= 15 is 0 Å². The Morgan fingerprint density at radius 2 is 1.83 bits per heavy atom. The molecule has 0 aliphatic heterocycles. The van der Waals surface area contributed by atoms with Gasteiger partial charge in [-0.25, -0.2) is 9.18 Å². The van der Waals surface area contributed by atoms with Crippen LogP contribution in [0.15, 0.2) is 18.2 Å². The molecule has 3 amide bonds. The van der Waals surface area contributed by atoms with Gasteiger partial charge in [0, 0.05) is 19.0 Å². The first kappa shape index (κ1) is 16.7. The zero-order valence-electron chi connectivity index (χ0n) is 13.7. The van der Waals surface area contributed by atoms with Crippen LogP contribution in [0.2, 0.25) is 0 Å². The predicted octanol–water partition coefficient (Wildman–Crippen LogP) is 2.42. The van der Waals surface area contributed by atoms with Crippen LogP contribution in [0.5, 0.6) is 0 Å². The van der Waals surface area contributed by atoms with Gasteiger partial charge in [-0.3, -0.25) is 4.79 Å². The van der Waals surface area contributed by atoms with Crippen LogP contribution >= 0.6 is 0 Å². The van der Waals surface area contributed by atoms with E-state index < -0.39 is 0 Å². The van der Waals surface area contributed by atoms with Gasteiger partial charge in [0.2, 0.25) is 5.91 Å². The number of fused-ring (bicyclic) bond motifs is 1. The van der Waals surface area contributed by atoms with Crippen LogP contribution in [0, 0.1) is 11.7 Å². The zero-order valence-corrected chi connectivity index (χ0v) is 13.7. The van der Waals surface area contributed by atoms with E-state index in [0.29, 0.717) is 13.1 Å². The molecule has 0 saturated heterocycles. The quantitative estimate of drug-likeness (QED) is 0.724. The molecule has 1 saturated carbocycles. The second-order valence-corrected chi connectivity index (χ2v) is 6.61. The van der Waals surface area contributed by atoms with E-state index in [-0.39, 0.29) is 29.7 Å². The Hall–Kier alpha value is -2.11. The lowest BCUT2D eigenvalue weighted by atomic mass is 10.1. The highest BCUT2D eigenvalue weighted by molar-refractivity contribution is 5.79. The Morgan fingerprint density at radius 1 is 1.08 bits per heavy atom. The summed E-state index contributed by atoms with van der Waals surface area (Å²) in [6.45, 7) is 0.836. The van der Waals surface area contributed by atoms with Gasteiger partial charge in [0.1, 0.15) is 5.82 Å². The maximum Gasteiger partial charge on any atom is 0.315 e. The number of halogens is 1. The van der Waals surface area contributed by atoms with E-state index in [1.807, 2.05) is 0 Å². The number of hydrogen-bond donors (Lipinski definition) is 3. The number of benzene rings is 1. The van der Waals surface area contributed by atoms with E-state index in [1.54, 1.807) is 6.07 Å². The Bertz CT molecular complexity index is 614. The Balaban J connectivity index is 1.37. The summed E-state index contributed by atoms with van der Waals surface area (Å²) in [5.41, 5.74) is 1.95. The highest BCUT2D eigenvalue weighted by Crippen LogP contribution is 2.31. The molecule has 2 aliphatic rings. The Labute approximate surface area is 141 Å². The topological polar surface area (TPSA) is 70.2 Å². The summed E-state index contributed by atoms with van der Waals surface area (Å²) < 4.78 is 13.2. The van der Waals surface area contributed by atoms with Crippen molar-refractivity contribution < 1.29 is 14.0 Å². The van der Waals surface area contributed by atoms with Gasteiger partial charge in [0.05, 0.1) is 6.04 Å². The number of urea groups is 1. The predicted molar refractivity (Wildman–Crippen MR) is 89.0 cm³/mol. The maximum atomic E-state index is 13.2. The molecule has 0 bridgehead atoms. The average molecular weight is 333 g/mol. The molecule has 1 aromatic rings. The van der Waals surface area contributed by atoms with Gasteiger partial charge in [-0.2, -0.15) is 0 Å². The number of carbonyl (C=O) groups is 2. The summed E-state index contributed by atoms with van der Waals surface area (Å²) in [6.07, 6.45) is 5.76. The number of aryl methyl sites for hydroxylation is 1. The van der Waals surface area contributed by atoms with Crippen molar-refractivity contribution in [1.29, 1.82) is 0 Å². The molecule has 0 radical (unpaired) electrons. The molecule has 6 heteroatoms. The van der Waals surface area contributed by atoms with E-state index in [0.717, 1.165) is 49.7 Å². The number of carbonyl (C=O) groups excluding carboxylic acids is 2. The normalized spacial score (nSPS) is 19.8. The van der Waals surface area contributed by atoms with Crippen LogP contribution in [-0.2, 0) is 11.2 Å². The number of hydrogen-bond acceptors (Lipinski definition) is 2. The van der Waals surface area contributed by atoms with Crippen molar-refractivity contribution in [1.82, 2.24) is 16.0 Å². The molecule has 0 spiro atoms. The van der Waals surface area contributed by atoms with Crippen LogP contribution in [0.3, 0.4) is 0 Å². The first-order valence-electron chi connectivity index (χ1n) is 8.74. The van der Waals surface area contributed by atoms with Crippen molar-refractivity contribution in [3.05, 3.63) is 35.1 Å². The molecule has 2 aliphatic carbocycles. The molecule has 130 valence electrons. The van der Waals surface area contributed by atoms with E-state index in [1.165, 1.54) is 12.1 Å². The molecule has 0 aromatic heterocycles. The molecule has 1 aromatic carbocycles. The standard InChI is InChI=1S/C18H24FN3O2/c19-14-6-7-15-13(11-14)5-8-16(15)22-18(24)21-10-9-20-17(23)12-3-1-2-4-12/h6-7,11-12,16H,1-5,8-10H2,(H,20,23)(H2,21,22,24). The van der Waals surface area contributed by atoms with Gasteiger partial charge in [0.25, 0.3) is 0 Å². The molecule has 0 heterocycles. The Kier molecular flexibility index (Phi) is 5.33. The summed E-state index contributed by atoms with van der Waals surface area (Å²) >= 11 is 0. The molecular formula is C18H24FN3O2. The molecule has 1 fully saturated rings. The molecule has 3 rings (SSSR count). The van der Waals surface area contributed by atoms with Crippen LogP contribution in [0.4, 0.5) is 9.18 Å². The van der Waals surface area contributed by atoms with Gasteiger partial charge in [-0.05, 0) is 48.9 Å². The minimum absolute atomic E-state index is 0.0753. The third kappa shape index (κ3) is 4.04. The monoisotopic (exact) mass is 333 g/mol. The summed E-state index contributed by atoms with van der Waals surface area (Å²) in [5, 5.41) is 8.54.